The van der Waals surface area contributed by atoms with Crippen molar-refractivity contribution in [1.82, 2.24) is 0 Å². The highest BCUT2D eigenvalue weighted by molar-refractivity contribution is 6.78. The third-order valence-corrected chi connectivity index (χ3v) is 10.3. The van der Waals surface area contributed by atoms with Gasteiger partial charge in [0.05, 0.1) is 0 Å². The molecular weight excluding hydrogens is 224 g/mol. The summed E-state index contributed by atoms with van der Waals surface area (Å²) in [6.07, 6.45) is 1.21. The molecule has 94 valence electrons. The molecule has 0 aliphatic carbocycles. The van der Waals surface area contributed by atoms with Crippen molar-refractivity contribution >= 4 is 8.32 Å². The first-order valence-electron chi connectivity index (χ1n) is 6.78. The predicted molar refractivity (Wildman–Crippen MR) is 75.7 cm³/mol. The second kappa shape index (κ2) is 4.95. The van der Waals surface area contributed by atoms with Crippen molar-refractivity contribution in [1.29, 1.82) is 0 Å². The molecule has 1 aliphatic heterocycles. The minimum atomic E-state index is -1.66. The summed E-state index contributed by atoms with van der Waals surface area (Å²) in [6, 6.07) is 11.0. The van der Waals surface area contributed by atoms with Crippen LogP contribution in [0.3, 0.4) is 0 Å². The molecule has 0 bridgehead atoms. The van der Waals surface area contributed by atoms with E-state index in [2.05, 4.69) is 58.0 Å². The molecule has 1 unspecified atom stereocenters. The van der Waals surface area contributed by atoms with Gasteiger partial charge in [0.2, 0.25) is 8.32 Å². The van der Waals surface area contributed by atoms with Crippen molar-refractivity contribution in [2.24, 2.45) is 0 Å². The van der Waals surface area contributed by atoms with Crippen molar-refractivity contribution in [3.63, 3.8) is 0 Å². The summed E-state index contributed by atoms with van der Waals surface area (Å²) < 4.78 is 6.37. The lowest BCUT2D eigenvalue weighted by molar-refractivity contribution is 0.329. The monoisotopic (exact) mass is 248 g/mol. The van der Waals surface area contributed by atoms with Gasteiger partial charge < -0.3 is 4.43 Å². The minimum absolute atomic E-state index is 0.684. The lowest BCUT2D eigenvalue weighted by atomic mass is 10.1. The molecule has 0 saturated carbocycles. The molecule has 0 amide bonds. The third-order valence-electron chi connectivity index (χ3n) is 4.31. The van der Waals surface area contributed by atoms with Gasteiger partial charge in [-0.25, -0.2) is 0 Å². The first-order valence-corrected chi connectivity index (χ1v) is 8.92. The van der Waals surface area contributed by atoms with E-state index in [9.17, 15) is 0 Å². The number of benzene rings is 1. The smallest absolute Gasteiger partial charge is 0.205 e. The highest BCUT2D eigenvalue weighted by Gasteiger charge is 2.52. The maximum absolute atomic E-state index is 6.37. The maximum Gasteiger partial charge on any atom is 0.205 e. The topological polar surface area (TPSA) is 9.23 Å². The van der Waals surface area contributed by atoms with Crippen LogP contribution < -0.4 is 0 Å². The van der Waals surface area contributed by atoms with Crippen LogP contribution in [-0.2, 0) is 4.43 Å². The average molecular weight is 248 g/mol. The van der Waals surface area contributed by atoms with Crippen LogP contribution in [0.15, 0.2) is 30.3 Å². The summed E-state index contributed by atoms with van der Waals surface area (Å²) in [5, 5.41) is 0. The van der Waals surface area contributed by atoms with E-state index in [4.69, 9.17) is 4.43 Å². The highest BCUT2D eigenvalue weighted by Crippen LogP contribution is 2.49. The first-order chi connectivity index (χ1) is 8.09. The van der Waals surface area contributed by atoms with Gasteiger partial charge >= 0.3 is 0 Å². The lowest BCUT2D eigenvalue weighted by Crippen LogP contribution is -2.46. The van der Waals surface area contributed by atoms with Crippen LogP contribution in [0, 0.1) is 0 Å². The van der Waals surface area contributed by atoms with Crippen LogP contribution in [-0.4, -0.2) is 14.9 Å². The van der Waals surface area contributed by atoms with Gasteiger partial charge in [-0.1, -0.05) is 58.0 Å². The fourth-order valence-corrected chi connectivity index (χ4v) is 9.16. The second-order valence-corrected chi connectivity index (χ2v) is 10.8. The van der Waals surface area contributed by atoms with Gasteiger partial charge in [-0.2, -0.15) is 0 Å². The zero-order valence-electron chi connectivity index (χ0n) is 11.4. The molecule has 1 atom stereocenters. The van der Waals surface area contributed by atoms with Gasteiger partial charge in [0.25, 0.3) is 0 Å². The van der Waals surface area contributed by atoms with Gasteiger partial charge in [0.1, 0.15) is 0 Å². The quantitative estimate of drug-likeness (QED) is 0.716. The largest absolute Gasteiger partial charge is 0.416 e. The molecule has 1 aromatic carbocycles. The number of rotatable bonds is 3. The van der Waals surface area contributed by atoms with Gasteiger partial charge in [-0.05, 0) is 23.1 Å². The zero-order valence-corrected chi connectivity index (χ0v) is 12.4. The van der Waals surface area contributed by atoms with Crippen LogP contribution in [0.5, 0.6) is 0 Å². The molecule has 2 rings (SSSR count). The van der Waals surface area contributed by atoms with Crippen LogP contribution in [0.2, 0.25) is 11.1 Å². The van der Waals surface area contributed by atoms with Crippen molar-refractivity contribution in [2.45, 2.75) is 50.7 Å². The molecule has 2 heteroatoms. The van der Waals surface area contributed by atoms with E-state index in [1.807, 2.05) is 0 Å². The van der Waals surface area contributed by atoms with Crippen molar-refractivity contribution in [2.75, 3.05) is 6.61 Å². The van der Waals surface area contributed by atoms with Gasteiger partial charge in [0.15, 0.2) is 0 Å². The van der Waals surface area contributed by atoms with Crippen LogP contribution in [0.25, 0.3) is 0 Å². The van der Waals surface area contributed by atoms with Crippen molar-refractivity contribution in [3.05, 3.63) is 35.9 Å². The standard InChI is InChI=1S/C15H24OSi/c1-12(2)17(13(3)4)15(10-11-16-17)14-8-6-5-7-9-14/h5-9,12-13,15H,10-11H2,1-4H3. The summed E-state index contributed by atoms with van der Waals surface area (Å²) in [5.41, 5.74) is 3.56. The average Bonchev–Trinajstić information content (AvgIpc) is 2.75. The fraction of sp³-hybridized carbons (Fsp3) is 0.600. The Morgan fingerprint density at radius 3 is 2.18 bits per heavy atom. The molecule has 1 aliphatic rings. The third kappa shape index (κ3) is 2.09. The van der Waals surface area contributed by atoms with E-state index in [1.165, 1.54) is 12.0 Å². The Morgan fingerprint density at radius 2 is 1.65 bits per heavy atom. The Hall–Kier alpha value is -0.603. The summed E-state index contributed by atoms with van der Waals surface area (Å²) in [5.74, 6) is 0. The number of hydrogen-bond acceptors (Lipinski definition) is 1. The van der Waals surface area contributed by atoms with E-state index in [0.717, 1.165) is 6.61 Å². The summed E-state index contributed by atoms with van der Waals surface area (Å²) >= 11 is 0. The van der Waals surface area contributed by atoms with E-state index < -0.39 is 8.32 Å². The normalized spacial score (nSPS) is 23.5. The SMILES string of the molecule is CC(C)[Si]1(C(C)C)OCCC1c1ccccc1. The Labute approximate surface area is 106 Å². The summed E-state index contributed by atoms with van der Waals surface area (Å²) in [6.45, 7) is 10.4. The molecule has 1 fully saturated rings. The minimum Gasteiger partial charge on any atom is -0.416 e. The van der Waals surface area contributed by atoms with E-state index in [0.29, 0.717) is 16.6 Å². The van der Waals surface area contributed by atoms with E-state index in [1.54, 1.807) is 0 Å². The second-order valence-electron chi connectivity index (χ2n) is 5.76. The van der Waals surface area contributed by atoms with E-state index in [-0.39, 0.29) is 0 Å². The summed E-state index contributed by atoms with van der Waals surface area (Å²) in [7, 11) is -1.66. The van der Waals surface area contributed by atoms with Crippen LogP contribution in [0.4, 0.5) is 0 Å². The van der Waals surface area contributed by atoms with Crippen LogP contribution >= 0.6 is 0 Å². The maximum atomic E-state index is 6.37. The molecule has 0 spiro atoms. The molecule has 1 saturated heterocycles. The molecule has 1 aromatic rings. The molecule has 0 aromatic heterocycles. The van der Waals surface area contributed by atoms with Gasteiger partial charge in [-0.3, -0.25) is 0 Å². The van der Waals surface area contributed by atoms with Crippen molar-refractivity contribution in [3.8, 4) is 0 Å². The summed E-state index contributed by atoms with van der Waals surface area (Å²) in [4.78, 5) is 0. The molecule has 17 heavy (non-hydrogen) atoms. The molecule has 1 heterocycles. The molecular formula is C15H24OSi. The zero-order chi connectivity index (χ0) is 12.5. The van der Waals surface area contributed by atoms with Crippen molar-refractivity contribution < 1.29 is 4.43 Å². The van der Waals surface area contributed by atoms with E-state index >= 15 is 0 Å². The lowest BCUT2D eigenvalue weighted by Gasteiger charge is -2.39. The Balaban J connectivity index is 2.39. The Morgan fingerprint density at radius 1 is 1.06 bits per heavy atom. The number of hydrogen-bond donors (Lipinski definition) is 0. The molecule has 1 nitrogen and oxygen atoms in total. The van der Waals surface area contributed by atoms with Gasteiger partial charge in [-0.15, -0.1) is 0 Å². The molecule has 0 radical (unpaired) electrons. The molecule has 0 N–H and O–H groups in total. The fourth-order valence-electron chi connectivity index (χ4n) is 3.60. The Kier molecular flexibility index (Phi) is 3.74. The predicted octanol–water partition coefficient (Wildman–Crippen LogP) is 4.50. The highest BCUT2D eigenvalue weighted by atomic mass is 28.4. The van der Waals surface area contributed by atoms with Crippen LogP contribution in [0.1, 0.15) is 45.2 Å². The Bertz CT molecular complexity index is 350. The van der Waals surface area contributed by atoms with Gasteiger partial charge in [0, 0.05) is 12.1 Å². The first kappa shape index (κ1) is 12.8.